The number of hydrogen-bond acceptors (Lipinski definition) is 6. The van der Waals surface area contributed by atoms with Crippen LogP contribution in [0.2, 0.25) is 0 Å². The van der Waals surface area contributed by atoms with Gasteiger partial charge in [0.05, 0.1) is 23.8 Å². The summed E-state index contributed by atoms with van der Waals surface area (Å²) < 4.78 is 79.4. The van der Waals surface area contributed by atoms with Crippen molar-refractivity contribution in [3.8, 4) is 0 Å². The fourth-order valence-electron chi connectivity index (χ4n) is 4.60. The van der Waals surface area contributed by atoms with Crippen molar-refractivity contribution in [1.29, 1.82) is 0 Å². The number of alkyl halides is 3. The van der Waals surface area contributed by atoms with Crippen molar-refractivity contribution in [2.45, 2.75) is 42.4 Å². The molecule has 8 nitrogen and oxygen atoms in total. The van der Waals surface area contributed by atoms with E-state index < -0.39 is 45.7 Å². The van der Waals surface area contributed by atoms with Crippen LogP contribution in [0.5, 0.6) is 0 Å². The fraction of sp³-hybridized carbons (Fsp3) is 0.375. The lowest BCUT2D eigenvalue weighted by molar-refractivity contribution is -0.141. The van der Waals surface area contributed by atoms with Crippen LogP contribution >= 0.6 is 0 Å². The van der Waals surface area contributed by atoms with Crippen molar-refractivity contribution in [3.63, 3.8) is 0 Å². The number of nitrogens with zero attached hydrogens (tertiary/aromatic N) is 3. The molecule has 0 radical (unpaired) electrons. The topological polar surface area (TPSA) is 104 Å². The number of carbonyl (C=O) groups excluding carboxylic acids is 1. The number of carbonyl (C=O) groups is 1. The van der Waals surface area contributed by atoms with E-state index in [1.165, 1.54) is 28.8 Å². The second-order valence-corrected chi connectivity index (χ2v) is 11.4. The Balaban J connectivity index is 1.27. The van der Waals surface area contributed by atoms with Gasteiger partial charge in [-0.15, -0.1) is 0 Å². The first-order valence-corrected chi connectivity index (χ1v) is 13.0. The van der Waals surface area contributed by atoms with E-state index in [0.29, 0.717) is 17.7 Å². The molecule has 2 N–H and O–H groups in total. The van der Waals surface area contributed by atoms with E-state index in [9.17, 15) is 30.8 Å². The molecule has 1 amide bonds. The lowest BCUT2D eigenvalue weighted by Gasteiger charge is -2.24. The Labute approximate surface area is 210 Å². The van der Waals surface area contributed by atoms with Gasteiger partial charge in [0.15, 0.2) is 0 Å². The van der Waals surface area contributed by atoms with Gasteiger partial charge in [-0.2, -0.15) is 17.5 Å². The highest BCUT2D eigenvalue weighted by Crippen LogP contribution is 2.55. The molecule has 0 bridgehead atoms. The summed E-state index contributed by atoms with van der Waals surface area (Å²) in [5.41, 5.74) is -0.237. The van der Waals surface area contributed by atoms with Gasteiger partial charge >= 0.3 is 6.18 Å². The van der Waals surface area contributed by atoms with Crippen molar-refractivity contribution < 1.29 is 30.8 Å². The lowest BCUT2D eigenvalue weighted by Crippen LogP contribution is -2.46. The monoisotopic (exact) mass is 537 g/mol. The molecule has 1 saturated heterocycles. The number of rotatable bonds is 6. The molecule has 1 spiro atoms. The van der Waals surface area contributed by atoms with Crippen molar-refractivity contribution >= 4 is 22.3 Å². The Bertz CT molecular complexity index is 1350. The van der Waals surface area contributed by atoms with Crippen LogP contribution in [0.15, 0.2) is 64.3 Å². The Morgan fingerprint density at radius 2 is 1.89 bits per heavy atom. The van der Waals surface area contributed by atoms with Gasteiger partial charge < -0.3 is 10.6 Å². The van der Waals surface area contributed by atoms with Gasteiger partial charge in [0.2, 0.25) is 15.9 Å². The maximum Gasteiger partial charge on any atom is 0.433 e. The summed E-state index contributed by atoms with van der Waals surface area (Å²) in [5, 5.41) is 5.65. The normalized spacial score (nSPS) is 23.0. The molecule has 1 aromatic heterocycles. The minimum atomic E-state index is -4.54. The molecule has 2 unspecified atom stereocenters. The first-order valence-electron chi connectivity index (χ1n) is 11.5. The van der Waals surface area contributed by atoms with Crippen LogP contribution in [0.1, 0.15) is 36.6 Å². The van der Waals surface area contributed by atoms with Crippen molar-refractivity contribution in [2.75, 3.05) is 13.1 Å². The van der Waals surface area contributed by atoms with Crippen LogP contribution in [0, 0.1) is 11.2 Å². The molecule has 1 saturated carbocycles. The van der Waals surface area contributed by atoms with E-state index in [2.05, 4.69) is 20.6 Å². The Morgan fingerprint density at radius 1 is 1.16 bits per heavy atom. The number of halogens is 4. The average molecular weight is 538 g/mol. The summed E-state index contributed by atoms with van der Waals surface area (Å²) in [6, 6.07) is 5.17. The maximum atomic E-state index is 13.3. The first-order chi connectivity index (χ1) is 17.5. The predicted molar refractivity (Wildman–Crippen MR) is 125 cm³/mol. The van der Waals surface area contributed by atoms with Gasteiger partial charge in [0.25, 0.3) is 0 Å². The molecule has 196 valence electrons. The first kappa shape index (κ1) is 25.3. The zero-order valence-electron chi connectivity index (χ0n) is 19.4. The van der Waals surface area contributed by atoms with Gasteiger partial charge in [-0.3, -0.25) is 14.8 Å². The minimum absolute atomic E-state index is 0.0311. The molecule has 3 aliphatic rings. The smallest absolute Gasteiger partial charge is 0.349 e. The van der Waals surface area contributed by atoms with Gasteiger partial charge in [-0.25, -0.2) is 12.8 Å². The van der Waals surface area contributed by atoms with Gasteiger partial charge in [-0.05, 0) is 66.6 Å². The number of hydrogen-bond donors (Lipinski definition) is 2. The van der Waals surface area contributed by atoms with Gasteiger partial charge in [-0.1, -0.05) is 6.07 Å². The molecule has 2 aliphatic heterocycles. The number of aromatic nitrogens is 1. The second-order valence-electron chi connectivity index (χ2n) is 9.48. The van der Waals surface area contributed by atoms with Gasteiger partial charge in [0, 0.05) is 18.4 Å². The third kappa shape index (κ3) is 5.23. The highest BCUT2D eigenvalue weighted by molar-refractivity contribution is 7.89. The molecular weight excluding hydrogens is 514 g/mol. The summed E-state index contributed by atoms with van der Waals surface area (Å²) in [4.78, 5) is 20.7. The Hall–Kier alpha value is -3.32. The largest absolute Gasteiger partial charge is 0.433 e. The Morgan fingerprint density at radius 3 is 2.51 bits per heavy atom. The van der Waals surface area contributed by atoms with E-state index >= 15 is 0 Å². The zero-order valence-corrected chi connectivity index (χ0v) is 20.2. The predicted octanol–water partition coefficient (Wildman–Crippen LogP) is 3.16. The van der Waals surface area contributed by atoms with Crippen LogP contribution in [-0.4, -0.2) is 49.1 Å². The van der Waals surface area contributed by atoms with Crippen LogP contribution in [0.3, 0.4) is 0 Å². The summed E-state index contributed by atoms with van der Waals surface area (Å²) in [5.74, 6) is -1.03. The summed E-state index contributed by atoms with van der Waals surface area (Å²) >= 11 is 0. The van der Waals surface area contributed by atoms with E-state index in [0.717, 1.165) is 37.2 Å². The van der Waals surface area contributed by atoms with Crippen molar-refractivity contribution in [1.82, 2.24) is 19.9 Å². The third-order valence-electron chi connectivity index (χ3n) is 6.86. The Kier molecular flexibility index (Phi) is 6.31. The SMILES string of the molecule is O=C(NCC1=CC(c2ccc(C(F)(F)F)nc2)N=CN1)C1CC2(CC2)CN1S(=O)(=O)c1ccc(F)cc1. The van der Waals surface area contributed by atoms with Crippen LogP contribution in [0.4, 0.5) is 17.6 Å². The number of nitrogens with one attached hydrogen (secondary N) is 2. The van der Waals surface area contributed by atoms with E-state index in [1.807, 2.05) is 0 Å². The van der Waals surface area contributed by atoms with Crippen LogP contribution in [0.25, 0.3) is 0 Å². The zero-order chi connectivity index (χ0) is 26.4. The highest BCUT2D eigenvalue weighted by Gasteiger charge is 2.57. The number of pyridine rings is 1. The summed E-state index contributed by atoms with van der Waals surface area (Å²) in [7, 11) is -4.02. The molecule has 1 aromatic carbocycles. The molecular formula is C24H23F4N5O3S. The van der Waals surface area contributed by atoms with E-state index in [1.54, 1.807) is 6.08 Å². The number of aliphatic imine (C=N–C) groups is 1. The molecule has 3 heterocycles. The van der Waals surface area contributed by atoms with Crippen LogP contribution in [-0.2, 0) is 21.0 Å². The molecule has 1 aliphatic carbocycles. The molecule has 5 rings (SSSR count). The molecule has 37 heavy (non-hydrogen) atoms. The molecule has 2 aromatic rings. The summed E-state index contributed by atoms with van der Waals surface area (Å²) in [6.07, 6.45) is 1.65. The number of amides is 1. The standard InChI is InChI=1S/C24H23F4N5O3S/c25-16-2-4-18(5-3-16)37(35,36)33-13-23(7-8-23)10-20(33)22(34)30-12-17-9-19(32-14-31-17)15-1-6-21(29-11-15)24(26,27)28/h1-6,9,11,14,19-20H,7-8,10,12-13H2,(H,30,34)(H,31,32). The maximum absolute atomic E-state index is 13.3. The van der Waals surface area contributed by atoms with E-state index in [4.69, 9.17) is 0 Å². The average Bonchev–Trinajstić information content (AvgIpc) is 3.51. The lowest BCUT2D eigenvalue weighted by atomic mass is 10.0. The quantitative estimate of drug-likeness (QED) is 0.551. The number of sulfonamides is 1. The molecule has 13 heteroatoms. The second kappa shape index (κ2) is 9.21. The summed E-state index contributed by atoms with van der Waals surface area (Å²) in [6.45, 7) is 0.255. The van der Waals surface area contributed by atoms with Crippen molar-refractivity contribution in [3.05, 3.63) is 71.4 Å². The third-order valence-corrected chi connectivity index (χ3v) is 8.73. The van der Waals surface area contributed by atoms with Crippen molar-refractivity contribution in [2.24, 2.45) is 10.4 Å². The van der Waals surface area contributed by atoms with E-state index in [-0.39, 0.29) is 23.4 Å². The molecule has 2 atom stereocenters. The number of benzene rings is 1. The minimum Gasteiger partial charge on any atom is -0.349 e. The fourth-order valence-corrected chi connectivity index (χ4v) is 6.30. The molecule has 2 fully saturated rings. The highest BCUT2D eigenvalue weighted by atomic mass is 32.2. The van der Waals surface area contributed by atoms with Gasteiger partial charge in [0.1, 0.15) is 17.6 Å². The van der Waals surface area contributed by atoms with Crippen LogP contribution < -0.4 is 10.6 Å².